The first kappa shape index (κ1) is 43.5. The average Bonchev–Trinajstić information content (AvgIpc) is 4.00. The number of benzene rings is 5. The summed E-state index contributed by atoms with van der Waals surface area (Å²) < 4.78 is 38.9. The fourth-order valence-electron chi connectivity index (χ4n) is 7.39. The molecular formula is C51H47N7O8. The van der Waals surface area contributed by atoms with E-state index < -0.39 is 0 Å². The third kappa shape index (κ3) is 11.5. The molecule has 0 fully saturated rings. The highest BCUT2D eigenvalue weighted by atomic mass is 16.5. The van der Waals surface area contributed by atoms with E-state index in [1.165, 1.54) is 17.7 Å². The summed E-state index contributed by atoms with van der Waals surface area (Å²) in [5.41, 5.74) is 5.38. The van der Waals surface area contributed by atoms with Gasteiger partial charge in [0.25, 0.3) is 0 Å². The Kier molecular flexibility index (Phi) is 14.1. The zero-order valence-electron chi connectivity index (χ0n) is 36.1. The van der Waals surface area contributed by atoms with Gasteiger partial charge in [0.2, 0.25) is 0 Å². The van der Waals surface area contributed by atoms with Gasteiger partial charge < -0.3 is 27.8 Å². The maximum absolute atomic E-state index is 12.5. The summed E-state index contributed by atoms with van der Waals surface area (Å²) in [5.74, 6) is 2.40. The fourth-order valence-corrected chi connectivity index (χ4v) is 7.39. The van der Waals surface area contributed by atoms with E-state index in [2.05, 4.69) is 37.7 Å². The summed E-state index contributed by atoms with van der Waals surface area (Å²) in [6.07, 6.45) is 3.88. The Bertz CT molecular complexity index is 2900. The van der Waals surface area contributed by atoms with Crippen molar-refractivity contribution >= 4 is 21.9 Å². The van der Waals surface area contributed by atoms with Crippen LogP contribution >= 0.6 is 0 Å². The molecule has 0 unspecified atom stereocenters. The summed E-state index contributed by atoms with van der Waals surface area (Å²) in [5, 5.41) is 18.7. The van der Waals surface area contributed by atoms with Crippen LogP contribution < -0.4 is 20.3 Å². The molecule has 4 aromatic heterocycles. The maximum Gasteiger partial charge on any atom is 0.193 e. The summed E-state index contributed by atoms with van der Waals surface area (Å²) in [7, 11) is 0. The lowest BCUT2D eigenvalue weighted by molar-refractivity contribution is 0.0923. The van der Waals surface area contributed by atoms with Crippen molar-refractivity contribution in [1.82, 2.24) is 34.9 Å². The third-order valence-corrected chi connectivity index (χ3v) is 10.7. The van der Waals surface area contributed by atoms with E-state index in [9.17, 15) is 9.59 Å². The van der Waals surface area contributed by atoms with E-state index in [-0.39, 0.29) is 10.9 Å². The van der Waals surface area contributed by atoms with Gasteiger partial charge in [-0.1, -0.05) is 65.0 Å². The monoisotopic (exact) mass is 885 g/mol. The molecule has 0 atom stereocenters. The number of nitrogens with zero attached hydrogens (tertiary/aromatic N) is 7. The van der Waals surface area contributed by atoms with Crippen molar-refractivity contribution in [2.24, 2.45) is 0 Å². The van der Waals surface area contributed by atoms with Crippen LogP contribution in [0, 0.1) is 0 Å². The lowest BCUT2D eigenvalue weighted by Crippen LogP contribution is -2.23. The first-order chi connectivity index (χ1) is 32.5. The van der Waals surface area contributed by atoms with Gasteiger partial charge >= 0.3 is 0 Å². The van der Waals surface area contributed by atoms with Crippen LogP contribution in [0.5, 0.6) is 11.5 Å². The van der Waals surface area contributed by atoms with Crippen molar-refractivity contribution in [3.8, 4) is 34.1 Å². The number of rotatable bonds is 22. The zero-order valence-corrected chi connectivity index (χ0v) is 36.1. The minimum Gasteiger partial charge on any atom is -0.491 e. The highest BCUT2D eigenvalue weighted by molar-refractivity contribution is 5.79. The second kappa shape index (κ2) is 21.3. The summed E-state index contributed by atoms with van der Waals surface area (Å²) in [6, 6.07) is 42.6. The Morgan fingerprint density at radius 3 is 1.42 bits per heavy atom. The first-order valence-corrected chi connectivity index (χ1v) is 21.7. The molecule has 66 heavy (non-hydrogen) atoms. The number of para-hydroxylation sites is 2. The van der Waals surface area contributed by atoms with Crippen molar-refractivity contribution < 1.29 is 27.8 Å². The lowest BCUT2D eigenvalue weighted by Gasteiger charge is -2.20. The SMILES string of the molecule is O=c1cc(-c2ccc(OCCOCCn3cc(CN(Cc4ccccc4)Cc4cn(CCOCCOc5ccc(-c6cc(=O)c7ccccc7o6)cc5)nn4)nn3)cc2)oc2ccccc12. The van der Waals surface area contributed by atoms with Crippen molar-refractivity contribution in [1.29, 1.82) is 0 Å². The molecular weight excluding hydrogens is 839 g/mol. The molecule has 9 aromatic rings. The molecule has 0 aliphatic heterocycles. The highest BCUT2D eigenvalue weighted by Crippen LogP contribution is 2.26. The quantitative estimate of drug-likeness (QED) is 0.0607. The molecule has 0 spiro atoms. The third-order valence-electron chi connectivity index (χ3n) is 10.7. The standard InChI is InChI=1S/C51H47N7O8/c59-46-30-50(65-48-12-6-4-10-44(46)48)38-14-18-42(19-15-38)63-28-26-61-24-22-57-35-40(52-54-57)33-56(32-37-8-2-1-3-9-37)34-41-36-58(55-53-41)23-25-62-27-29-64-43-20-16-39(17-21-43)51-31-47(60)45-11-5-7-13-49(45)66-51/h1-21,30-31,35-36H,22-29,32-34H2. The first-order valence-electron chi connectivity index (χ1n) is 21.7. The highest BCUT2D eigenvalue weighted by Gasteiger charge is 2.14. The Labute approximate surface area is 379 Å². The van der Waals surface area contributed by atoms with Crippen LogP contribution in [0.25, 0.3) is 44.6 Å². The second-order valence-corrected chi connectivity index (χ2v) is 15.5. The van der Waals surface area contributed by atoms with Crippen LogP contribution in [0.15, 0.2) is 170 Å². The predicted molar refractivity (Wildman–Crippen MR) is 248 cm³/mol. The van der Waals surface area contributed by atoms with Gasteiger partial charge in [-0.25, -0.2) is 9.36 Å². The Hall–Kier alpha value is -7.72. The van der Waals surface area contributed by atoms with Crippen LogP contribution in [-0.4, -0.2) is 74.5 Å². The second-order valence-electron chi connectivity index (χ2n) is 15.5. The molecule has 0 radical (unpaired) electrons. The van der Waals surface area contributed by atoms with Gasteiger partial charge in [0.15, 0.2) is 10.9 Å². The van der Waals surface area contributed by atoms with E-state index in [0.717, 1.165) is 22.5 Å². The number of aromatic nitrogens is 6. The number of hydrogen-bond donors (Lipinski definition) is 0. The van der Waals surface area contributed by atoms with Crippen molar-refractivity contribution in [2.45, 2.75) is 32.7 Å². The molecule has 0 aliphatic carbocycles. The summed E-state index contributed by atoms with van der Waals surface area (Å²) >= 11 is 0. The normalized spacial score (nSPS) is 11.5. The topological polar surface area (TPSA) is 162 Å². The molecule has 0 bridgehead atoms. The molecule has 4 heterocycles. The molecule has 15 nitrogen and oxygen atoms in total. The smallest absolute Gasteiger partial charge is 0.193 e. The van der Waals surface area contributed by atoms with E-state index in [0.29, 0.717) is 117 Å². The van der Waals surface area contributed by atoms with Crippen LogP contribution in [0.2, 0.25) is 0 Å². The number of ether oxygens (including phenoxy) is 4. The Morgan fingerprint density at radius 2 is 0.939 bits per heavy atom. The largest absolute Gasteiger partial charge is 0.491 e. The van der Waals surface area contributed by atoms with Crippen molar-refractivity contribution in [3.63, 3.8) is 0 Å². The molecule has 5 aromatic carbocycles. The molecule has 15 heteroatoms. The van der Waals surface area contributed by atoms with Gasteiger partial charge in [0.1, 0.15) is 47.4 Å². The van der Waals surface area contributed by atoms with E-state index in [4.69, 9.17) is 27.8 Å². The van der Waals surface area contributed by atoms with Gasteiger partial charge in [-0.15, -0.1) is 10.2 Å². The minimum absolute atomic E-state index is 0.0769. The minimum atomic E-state index is -0.0769. The van der Waals surface area contributed by atoms with Gasteiger partial charge in [0.05, 0.1) is 61.7 Å². The fraction of sp³-hybridized carbons (Fsp3) is 0.216. The summed E-state index contributed by atoms with van der Waals surface area (Å²) in [6.45, 7) is 5.37. The number of hydrogen-bond acceptors (Lipinski definition) is 13. The molecule has 0 amide bonds. The zero-order chi connectivity index (χ0) is 44.9. The Balaban J connectivity index is 0.685. The van der Waals surface area contributed by atoms with Gasteiger partial charge in [-0.3, -0.25) is 14.5 Å². The van der Waals surface area contributed by atoms with Gasteiger partial charge in [0, 0.05) is 55.3 Å². The van der Waals surface area contributed by atoms with Crippen molar-refractivity contribution in [2.75, 3.05) is 39.6 Å². The van der Waals surface area contributed by atoms with E-state index >= 15 is 0 Å². The Morgan fingerprint density at radius 1 is 0.485 bits per heavy atom. The van der Waals surface area contributed by atoms with Gasteiger partial charge in [-0.2, -0.15) is 0 Å². The molecule has 9 rings (SSSR count). The predicted octanol–water partition coefficient (Wildman–Crippen LogP) is 7.81. The van der Waals surface area contributed by atoms with Crippen LogP contribution in [-0.2, 0) is 42.2 Å². The van der Waals surface area contributed by atoms with E-state index in [1.807, 2.05) is 103 Å². The maximum atomic E-state index is 12.5. The molecule has 0 saturated heterocycles. The van der Waals surface area contributed by atoms with Crippen molar-refractivity contribution in [3.05, 3.63) is 189 Å². The molecule has 0 saturated carbocycles. The summed E-state index contributed by atoms with van der Waals surface area (Å²) in [4.78, 5) is 27.3. The lowest BCUT2D eigenvalue weighted by atomic mass is 10.1. The van der Waals surface area contributed by atoms with Crippen LogP contribution in [0.1, 0.15) is 17.0 Å². The molecule has 0 N–H and O–H groups in total. The van der Waals surface area contributed by atoms with Gasteiger partial charge in [-0.05, 0) is 78.4 Å². The molecule has 334 valence electrons. The van der Waals surface area contributed by atoms with Crippen LogP contribution in [0.4, 0.5) is 0 Å². The average molecular weight is 886 g/mol. The van der Waals surface area contributed by atoms with E-state index in [1.54, 1.807) is 33.6 Å². The van der Waals surface area contributed by atoms with Crippen LogP contribution in [0.3, 0.4) is 0 Å². The molecule has 0 aliphatic rings. The number of fused-ring (bicyclic) bond motifs is 2.